The van der Waals surface area contributed by atoms with Crippen molar-refractivity contribution in [3.05, 3.63) is 39.9 Å². The average Bonchev–Trinajstić information content (AvgIpc) is 2.96. The molecule has 1 aromatic carbocycles. The normalized spacial score (nSPS) is 16.8. The molecule has 0 aliphatic carbocycles. The summed E-state index contributed by atoms with van der Waals surface area (Å²) in [5.41, 5.74) is 0.495. The quantitative estimate of drug-likeness (QED) is 0.654. The number of thiophene rings is 1. The van der Waals surface area contributed by atoms with Crippen LogP contribution in [0.3, 0.4) is 0 Å². The predicted molar refractivity (Wildman–Crippen MR) is 97.2 cm³/mol. The second-order valence-corrected chi connectivity index (χ2v) is 6.92. The number of rotatable bonds is 4. The van der Waals surface area contributed by atoms with Gasteiger partial charge in [0.05, 0.1) is 5.02 Å². The van der Waals surface area contributed by atoms with Crippen LogP contribution in [0.1, 0.15) is 24.6 Å². The van der Waals surface area contributed by atoms with Crippen LogP contribution in [0.15, 0.2) is 30.0 Å². The van der Waals surface area contributed by atoms with Gasteiger partial charge in [-0.15, -0.1) is 11.3 Å². The first kappa shape index (κ1) is 15.5. The van der Waals surface area contributed by atoms with Gasteiger partial charge in [-0.3, -0.25) is 9.69 Å². The van der Waals surface area contributed by atoms with E-state index in [-0.39, 0.29) is 5.91 Å². The maximum absolute atomic E-state index is 12.4. The van der Waals surface area contributed by atoms with Crippen LogP contribution in [-0.2, 0) is 4.79 Å². The standard InChI is InChI=1S/C16H15ClN2OS2/c1-2-3-8-19-15(20)11(18-16(19)21)9-13-14(17)10-6-4-5-7-12(10)22-13/h4-7,9H,2-3,8H2,1H3,(H,18,21). The number of benzene rings is 1. The third-order valence-corrected chi connectivity index (χ3v) is 5.49. The molecule has 1 aliphatic rings. The molecule has 1 saturated heterocycles. The monoisotopic (exact) mass is 350 g/mol. The van der Waals surface area contributed by atoms with Gasteiger partial charge in [0.25, 0.3) is 5.91 Å². The second-order valence-electron chi connectivity index (χ2n) is 5.07. The summed E-state index contributed by atoms with van der Waals surface area (Å²) in [4.78, 5) is 14.9. The summed E-state index contributed by atoms with van der Waals surface area (Å²) in [6, 6.07) is 7.94. The fourth-order valence-electron chi connectivity index (χ4n) is 2.35. The first-order valence-corrected chi connectivity index (χ1v) is 8.73. The lowest BCUT2D eigenvalue weighted by atomic mass is 10.2. The van der Waals surface area contributed by atoms with Gasteiger partial charge in [0.15, 0.2) is 5.11 Å². The molecular formula is C16H15ClN2OS2. The molecule has 3 nitrogen and oxygen atoms in total. The van der Waals surface area contributed by atoms with Crippen LogP contribution in [0.4, 0.5) is 0 Å². The van der Waals surface area contributed by atoms with Crippen LogP contribution in [0, 0.1) is 0 Å². The van der Waals surface area contributed by atoms with Crippen molar-refractivity contribution in [3.8, 4) is 0 Å². The largest absolute Gasteiger partial charge is 0.328 e. The number of carbonyl (C=O) groups excluding carboxylic acids is 1. The lowest BCUT2D eigenvalue weighted by molar-refractivity contribution is -0.122. The van der Waals surface area contributed by atoms with Crippen molar-refractivity contribution in [2.45, 2.75) is 19.8 Å². The molecule has 1 amide bonds. The third kappa shape index (κ3) is 2.76. The maximum Gasteiger partial charge on any atom is 0.276 e. The second kappa shape index (κ2) is 6.36. The van der Waals surface area contributed by atoms with Gasteiger partial charge in [-0.1, -0.05) is 43.1 Å². The fourth-order valence-corrected chi connectivity index (χ4v) is 4.06. The smallest absolute Gasteiger partial charge is 0.276 e. The fraction of sp³-hybridized carbons (Fsp3) is 0.250. The van der Waals surface area contributed by atoms with Crippen LogP contribution < -0.4 is 5.32 Å². The van der Waals surface area contributed by atoms with Crippen LogP contribution in [0.25, 0.3) is 16.2 Å². The Morgan fingerprint density at radius 3 is 2.91 bits per heavy atom. The molecule has 22 heavy (non-hydrogen) atoms. The number of fused-ring (bicyclic) bond motifs is 1. The van der Waals surface area contributed by atoms with Gasteiger partial charge >= 0.3 is 0 Å². The molecular weight excluding hydrogens is 336 g/mol. The van der Waals surface area contributed by atoms with Gasteiger partial charge < -0.3 is 5.32 Å². The summed E-state index contributed by atoms with van der Waals surface area (Å²) >= 11 is 13.2. The van der Waals surface area contributed by atoms with E-state index in [4.69, 9.17) is 23.8 Å². The number of hydrogen-bond acceptors (Lipinski definition) is 3. The molecule has 1 N–H and O–H groups in total. The topological polar surface area (TPSA) is 32.3 Å². The Labute approximate surface area is 143 Å². The SMILES string of the molecule is CCCCN1C(=O)C(=Cc2sc3ccccc3c2Cl)NC1=S. The molecule has 114 valence electrons. The zero-order chi connectivity index (χ0) is 15.7. The molecule has 0 atom stereocenters. The Balaban J connectivity index is 1.93. The van der Waals surface area contributed by atoms with Gasteiger partial charge in [0, 0.05) is 21.5 Å². The lowest BCUT2D eigenvalue weighted by Crippen LogP contribution is -2.31. The van der Waals surface area contributed by atoms with E-state index in [2.05, 4.69) is 12.2 Å². The molecule has 0 spiro atoms. The Morgan fingerprint density at radius 1 is 1.41 bits per heavy atom. The maximum atomic E-state index is 12.4. The van der Waals surface area contributed by atoms with Crippen molar-refractivity contribution in [2.24, 2.45) is 0 Å². The minimum atomic E-state index is -0.0769. The molecule has 1 aliphatic heterocycles. The molecule has 0 unspecified atom stereocenters. The van der Waals surface area contributed by atoms with E-state index in [1.165, 1.54) is 0 Å². The number of carbonyl (C=O) groups is 1. The van der Waals surface area contributed by atoms with Gasteiger partial charge in [-0.05, 0) is 30.8 Å². The zero-order valence-corrected chi connectivity index (χ0v) is 14.4. The van der Waals surface area contributed by atoms with E-state index < -0.39 is 0 Å². The highest BCUT2D eigenvalue weighted by atomic mass is 35.5. The zero-order valence-electron chi connectivity index (χ0n) is 12.1. The van der Waals surface area contributed by atoms with E-state index in [0.29, 0.717) is 22.4 Å². The first-order valence-electron chi connectivity index (χ1n) is 7.13. The average molecular weight is 351 g/mol. The lowest BCUT2D eigenvalue weighted by Gasteiger charge is -2.12. The molecule has 2 heterocycles. The summed E-state index contributed by atoms with van der Waals surface area (Å²) in [6.07, 6.45) is 3.76. The molecule has 6 heteroatoms. The molecule has 0 bridgehead atoms. The van der Waals surface area contributed by atoms with Crippen molar-refractivity contribution < 1.29 is 4.79 Å². The Kier molecular flexibility index (Phi) is 4.47. The number of halogens is 1. The minimum Gasteiger partial charge on any atom is -0.328 e. The highest BCUT2D eigenvalue weighted by Crippen LogP contribution is 2.36. The highest BCUT2D eigenvalue weighted by molar-refractivity contribution is 7.80. The molecule has 1 aromatic heterocycles. The van der Waals surface area contributed by atoms with E-state index in [0.717, 1.165) is 27.8 Å². The number of nitrogens with zero attached hydrogens (tertiary/aromatic N) is 1. The number of unbranched alkanes of at least 4 members (excludes halogenated alkanes) is 1. The van der Waals surface area contributed by atoms with E-state index in [1.54, 1.807) is 22.3 Å². The molecule has 3 rings (SSSR count). The molecule has 0 saturated carbocycles. The van der Waals surface area contributed by atoms with Crippen molar-refractivity contribution in [2.75, 3.05) is 6.54 Å². The van der Waals surface area contributed by atoms with Gasteiger partial charge in [0.2, 0.25) is 0 Å². The van der Waals surface area contributed by atoms with E-state index >= 15 is 0 Å². The number of nitrogens with one attached hydrogen (secondary N) is 1. The van der Waals surface area contributed by atoms with E-state index in [9.17, 15) is 4.79 Å². The summed E-state index contributed by atoms with van der Waals surface area (Å²) < 4.78 is 1.11. The first-order chi connectivity index (χ1) is 10.6. The van der Waals surface area contributed by atoms with Gasteiger partial charge in [0.1, 0.15) is 5.70 Å². The van der Waals surface area contributed by atoms with Crippen LogP contribution in [-0.4, -0.2) is 22.5 Å². The summed E-state index contributed by atoms with van der Waals surface area (Å²) in [5, 5.41) is 5.17. The van der Waals surface area contributed by atoms with Crippen molar-refractivity contribution >= 4 is 62.3 Å². The van der Waals surface area contributed by atoms with E-state index in [1.807, 2.05) is 24.3 Å². The third-order valence-electron chi connectivity index (χ3n) is 3.53. The Morgan fingerprint density at radius 2 is 2.18 bits per heavy atom. The number of hydrogen-bond donors (Lipinski definition) is 1. The highest BCUT2D eigenvalue weighted by Gasteiger charge is 2.30. The van der Waals surface area contributed by atoms with Crippen molar-refractivity contribution in [3.63, 3.8) is 0 Å². The molecule has 1 fully saturated rings. The van der Waals surface area contributed by atoms with Crippen LogP contribution in [0.5, 0.6) is 0 Å². The van der Waals surface area contributed by atoms with Gasteiger partial charge in [-0.2, -0.15) is 0 Å². The summed E-state index contributed by atoms with van der Waals surface area (Å²) in [6.45, 7) is 2.74. The van der Waals surface area contributed by atoms with Gasteiger partial charge in [-0.25, -0.2) is 0 Å². The van der Waals surface area contributed by atoms with Crippen LogP contribution >= 0.6 is 35.2 Å². The van der Waals surface area contributed by atoms with Crippen molar-refractivity contribution in [1.29, 1.82) is 0 Å². The summed E-state index contributed by atoms with van der Waals surface area (Å²) in [7, 11) is 0. The number of thiocarbonyl (C=S) groups is 1. The van der Waals surface area contributed by atoms with Crippen LogP contribution in [0.2, 0.25) is 5.02 Å². The van der Waals surface area contributed by atoms with Crippen molar-refractivity contribution in [1.82, 2.24) is 10.2 Å². The minimum absolute atomic E-state index is 0.0769. The number of amides is 1. The summed E-state index contributed by atoms with van der Waals surface area (Å²) in [5.74, 6) is -0.0769. The molecule has 2 aromatic rings. The molecule has 0 radical (unpaired) electrons. The predicted octanol–water partition coefficient (Wildman–Crippen LogP) is 4.41. The Hall–Kier alpha value is -1.43. The Bertz CT molecular complexity index is 782.